The third-order valence-corrected chi connectivity index (χ3v) is 7.14. The summed E-state index contributed by atoms with van der Waals surface area (Å²) in [5.41, 5.74) is 2.27. The van der Waals surface area contributed by atoms with Crippen LogP contribution in [0.2, 0.25) is 10.2 Å². The molecule has 0 aliphatic carbocycles. The van der Waals surface area contributed by atoms with Gasteiger partial charge >= 0.3 is 0 Å². The molecular weight excluding hydrogens is 499 g/mol. The van der Waals surface area contributed by atoms with Crippen LogP contribution in [0.4, 0.5) is 5.69 Å². The molecule has 186 valence electrons. The Morgan fingerprint density at radius 1 is 1.31 bits per heavy atom. The largest absolute Gasteiger partial charge is 0.366 e. The van der Waals surface area contributed by atoms with Gasteiger partial charge in [-0.1, -0.05) is 43.6 Å². The molecule has 1 fully saturated rings. The van der Waals surface area contributed by atoms with Crippen LogP contribution in [0.25, 0.3) is 16.7 Å². The van der Waals surface area contributed by atoms with Gasteiger partial charge in [0.2, 0.25) is 5.91 Å². The van der Waals surface area contributed by atoms with Crippen molar-refractivity contribution in [1.82, 2.24) is 19.4 Å². The van der Waals surface area contributed by atoms with Gasteiger partial charge in [0, 0.05) is 37.3 Å². The van der Waals surface area contributed by atoms with E-state index in [-0.39, 0.29) is 33.6 Å². The summed E-state index contributed by atoms with van der Waals surface area (Å²) in [5.74, 6) is -0.154. The van der Waals surface area contributed by atoms with Crippen LogP contribution in [0.15, 0.2) is 35.8 Å². The number of anilines is 1. The molecule has 1 saturated heterocycles. The second-order valence-corrected chi connectivity index (χ2v) is 9.92. The van der Waals surface area contributed by atoms with Gasteiger partial charge in [0.05, 0.1) is 22.1 Å². The van der Waals surface area contributed by atoms with Crippen molar-refractivity contribution in [3.63, 3.8) is 0 Å². The number of carbonyl (C=O) groups is 1. The maximum Gasteiger partial charge on any atom is 0.276 e. The summed E-state index contributed by atoms with van der Waals surface area (Å²) in [4.78, 5) is 38.9. The van der Waals surface area contributed by atoms with Crippen LogP contribution in [0.5, 0.6) is 0 Å². The molecule has 0 saturated carbocycles. The summed E-state index contributed by atoms with van der Waals surface area (Å²) >= 11 is 12.7. The minimum Gasteiger partial charge on any atom is -0.366 e. The smallest absolute Gasteiger partial charge is 0.276 e. The van der Waals surface area contributed by atoms with Crippen molar-refractivity contribution in [1.29, 1.82) is 5.26 Å². The van der Waals surface area contributed by atoms with Crippen molar-refractivity contribution in [3.05, 3.63) is 68.3 Å². The minimum absolute atomic E-state index is 0.00570. The highest BCUT2D eigenvalue weighted by Gasteiger charge is 2.31. The van der Waals surface area contributed by atoms with E-state index < -0.39 is 5.56 Å². The topological polar surface area (TPSA) is 95.1 Å². The second kappa shape index (κ2) is 9.92. The second-order valence-electron chi connectivity index (χ2n) is 9.16. The highest BCUT2D eigenvalue weighted by molar-refractivity contribution is 6.41. The Morgan fingerprint density at radius 3 is 2.64 bits per heavy atom. The van der Waals surface area contributed by atoms with E-state index in [1.54, 1.807) is 17.2 Å². The van der Waals surface area contributed by atoms with Gasteiger partial charge in [-0.25, -0.2) is 4.98 Å². The van der Waals surface area contributed by atoms with E-state index in [1.807, 2.05) is 38.7 Å². The van der Waals surface area contributed by atoms with E-state index in [0.29, 0.717) is 47.7 Å². The van der Waals surface area contributed by atoms with Crippen LogP contribution in [0, 0.1) is 18.3 Å². The van der Waals surface area contributed by atoms with Crippen molar-refractivity contribution in [2.45, 2.75) is 39.7 Å². The molecule has 1 aliphatic heterocycles. The predicted octanol–water partition coefficient (Wildman–Crippen LogP) is 4.61. The van der Waals surface area contributed by atoms with Gasteiger partial charge in [0.25, 0.3) is 5.56 Å². The van der Waals surface area contributed by atoms with Gasteiger partial charge in [-0.3, -0.25) is 19.1 Å². The molecule has 0 spiro atoms. The first-order valence-electron chi connectivity index (χ1n) is 11.6. The third kappa shape index (κ3) is 4.23. The molecule has 0 bridgehead atoms. The Hall–Kier alpha value is -3.41. The minimum atomic E-state index is -0.513. The fourth-order valence-electron chi connectivity index (χ4n) is 4.77. The number of nitrogens with zero attached hydrogens (tertiary/aromatic N) is 6. The Balaban J connectivity index is 2.06. The molecule has 0 unspecified atom stereocenters. The lowest BCUT2D eigenvalue weighted by atomic mass is 10.0. The van der Waals surface area contributed by atoms with E-state index in [4.69, 9.17) is 23.2 Å². The van der Waals surface area contributed by atoms with E-state index >= 15 is 0 Å². The molecule has 10 heteroatoms. The van der Waals surface area contributed by atoms with Crippen LogP contribution in [0.3, 0.4) is 0 Å². The summed E-state index contributed by atoms with van der Waals surface area (Å²) in [5, 5.41) is 11.0. The van der Waals surface area contributed by atoms with E-state index in [9.17, 15) is 14.9 Å². The number of halogens is 2. The zero-order chi connectivity index (χ0) is 26.3. The molecule has 0 aromatic carbocycles. The van der Waals surface area contributed by atoms with Gasteiger partial charge in [0.15, 0.2) is 5.65 Å². The number of piperazine rings is 1. The summed E-state index contributed by atoms with van der Waals surface area (Å²) < 4.78 is 1.43. The molecule has 36 heavy (non-hydrogen) atoms. The Bertz CT molecular complexity index is 1490. The van der Waals surface area contributed by atoms with Crippen molar-refractivity contribution in [2.24, 2.45) is 0 Å². The van der Waals surface area contributed by atoms with Gasteiger partial charge < -0.3 is 9.80 Å². The lowest BCUT2D eigenvalue weighted by Crippen LogP contribution is -2.54. The van der Waals surface area contributed by atoms with Crippen LogP contribution in [-0.4, -0.2) is 51.0 Å². The maximum atomic E-state index is 14.0. The fraction of sp³-hybridized carbons (Fsp3) is 0.346. The molecule has 1 atom stereocenters. The molecule has 0 N–H and O–H groups in total. The fourth-order valence-corrected chi connectivity index (χ4v) is 5.06. The number of carbonyl (C=O) groups excluding carboxylic acids is 1. The number of pyridine rings is 3. The monoisotopic (exact) mass is 524 g/mol. The molecule has 3 aromatic heterocycles. The van der Waals surface area contributed by atoms with Crippen molar-refractivity contribution < 1.29 is 4.79 Å². The Kier molecular flexibility index (Phi) is 7.07. The highest BCUT2D eigenvalue weighted by Crippen LogP contribution is 2.36. The average Bonchev–Trinajstić information content (AvgIpc) is 2.84. The van der Waals surface area contributed by atoms with Crippen LogP contribution in [0.1, 0.15) is 43.5 Å². The number of amides is 1. The van der Waals surface area contributed by atoms with Crippen LogP contribution < -0.4 is 10.5 Å². The van der Waals surface area contributed by atoms with Gasteiger partial charge in [-0.15, -0.1) is 0 Å². The van der Waals surface area contributed by atoms with Crippen molar-refractivity contribution in [2.75, 3.05) is 24.5 Å². The first-order valence-corrected chi connectivity index (χ1v) is 12.3. The zero-order valence-electron chi connectivity index (χ0n) is 20.5. The van der Waals surface area contributed by atoms with E-state index in [1.165, 1.54) is 10.6 Å². The van der Waals surface area contributed by atoms with Gasteiger partial charge in [-0.05, 0) is 43.5 Å². The zero-order valence-corrected chi connectivity index (χ0v) is 22.1. The Labute approximate surface area is 219 Å². The van der Waals surface area contributed by atoms with Crippen LogP contribution in [-0.2, 0) is 4.79 Å². The molecule has 3 aromatic rings. The lowest BCUT2D eigenvalue weighted by Gasteiger charge is -2.41. The quantitative estimate of drug-likeness (QED) is 0.365. The number of nitriles is 1. The first kappa shape index (κ1) is 25.7. The highest BCUT2D eigenvalue weighted by atomic mass is 35.5. The standard InChI is InChI=1S/C26H26Cl2N6O2/c1-6-20(35)33-10-9-32(13-16(33)5)23-17-11-19(27)24(28)31-25(17)34(26(36)18(23)12-29)22-15(4)7-8-30-21(22)14(2)3/h6-8,11,14,16H,1,9-10,13H2,2-5H3/t16-/m1/s1. The van der Waals surface area contributed by atoms with Crippen molar-refractivity contribution in [3.8, 4) is 11.8 Å². The van der Waals surface area contributed by atoms with Crippen LogP contribution >= 0.6 is 23.2 Å². The van der Waals surface area contributed by atoms with Gasteiger partial charge in [0.1, 0.15) is 16.8 Å². The molecule has 4 heterocycles. The molecule has 8 nitrogen and oxygen atoms in total. The molecule has 1 aliphatic rings. The summed E-state index contributed by atoms with van der Waals surface area (Å²) in [6.07, 6.45) is 2.99. The summed E-state index contributed by atoms with van der Waals surface area (Å²) in [6, 6.07) is 5.42. The average molecular weight is 525 g/mol. The number of rotatable bonds is 4. The summed E-state index contributed by atoms with van der Waals surface area (Å²) in [7, 11) is 0. The van der Waals surface area contributed by atoms with E-state index in [2.05, 4.69) is 22.6 Å². The number of aromatic nitrogens is 3. The number of hydrogen-bond acceptors (Lipinski definition) is 6. The van der Waals surface area contributed by atoms with Crippen molar-refractivity contribution >= 4 is 45.8 Å². The number of aryl methyl sites for hydroxylation is 1. The third-order valence-electron chi connectivity index (χ3n) is 6.47. The predicted molar refractivity (Wildman–Crippen MR) is 142 cm³/mol. The maximum absolute atomic E-state index is 14.0. The summed E-state index contributed by atoms with van der Waals surface area (Å²) in [6.45, 7) is 12.6. The SMILES string of the molecule is C=CC(=O)N1CCN(c2c(C#N)c(=O)n(-c3c(C)ccnc3C(C)C)c3nc(Cl)c(Cl)cc23)C[C@H]1C. The molecule has 1 amide bonds. The normalized spacial score (nSPS) is 15.9. The number of hydrogen-bond donors (Lipinski definition) is 0. The van der Waals surface area contributed by atoms with E-state index in [0.717, 1.165) is 5.56 Å². The Morgan fingerprint density at radius 2 is 2.03 bits per heavy atom. The number of fused-ring (bicyclic) bond motifs is 1. The molecule has 0 radical (unpaired) electrons. The molecular formula is C26H26Cl2N6O2. The molecule has 4 rings (SSSR count). The first-order chi connectivity index (χ1) is 17.1. The van der Waals surface area contributed by atoms with Gasteiger partial charge in [-0.2, -0.15) is 5.26 Å². The lowest BCUT2D eigenvalue weighted by molar-refractivity contribution is -0.128.